The second-order valence-corrected chi connectivity index (χ2v) is 8.33. The summed E-state index contributed by atoms with van der Waals surface area (Å²) in [5, 5.41) is 4.98. The molecule has 0 saturated carbocycles. The molecule has 148 valence electrons. The largest absolute Gasteiger partial charge is 0.347 e. The molecule has 9 heteroatoms. The van der Waals surface area contributed by atoms with Gasteiger partial charge in [-0.05, 0) is 25.1 Å². The molecule has 0 unspecified atom stereocenters. The van der Waals surface area contributed by atoms with Gasteiger partial charge in [0.2, 0.25) is 0 Å². The highest BCUT2D eigenvalue weighted by Gasteiger charge is 2.24. The first kappa shape index (κ1) is 19.8. The van der Waals surface area contributed by atoms with Crippen molar-refractivity contribution >= 4 is 32.5 Å². The van der Waals surface area contributed by atoms with E-state index >= 15 is 0 Å². The zero-order valence-electron chi connectivity index (χ0n) is 15.3. The zero-order chi connectivity index (χ0) is 20.5. The van der Waals surface area contributed by atoms with Gasteiger partial charge >= 0.3 is 6.03 Å². The Labute approximate surface area is 161 Å². The Kier molecular flexibility index (Phi) is 5.37. The topological polar surface area (TPSA) is 80.2 Å². The molecule has 28 heavy (non-hydrogen) atoms. The highest BCUT2D eigenvalue weighted by atomic mass is 32.2. The summed E-state index contributed by atoms with van der Waals surface area (Å²) >= 11 is 0. The molecule has 0 radical (unpaired) electrons. The number of nitrogens with one attached hydrogen (secondary N) is 2. The van der Waals surface area contributed by atoms with E-state index in [2.05, 4.69) is 10.6 Å². The second-order valence-electron chi connectivity index (χ2n) is 6.29. The average molecular weight is 407 g/mol. The Balaban J connectivity index is 1.71. The van der Waals surface area contributed by atoms with E-state index in [0.29, 0.717) is 11.1 Å². The molecular weight excluding hydrogens is 388 g/mol. The van der Waals surface area contributed by atoms with Crippen molar-refractivity contribution in [2.75, 3.05) is 17.6 Å². The fourth-order valence-electron chi connectivity index (χ4n) is 3.05. The van der Waals surface area contributed by atoms with Crippen LogP contribution >= 0.6 is 0 Å². The summed E-state index contributed by atoms with van der Waals surface area (Å²) in [6, 6.07) is 9.44. The lowest BCUT2D eigenvalue weighted by molar-refractivity contribution is 0.252. The maximum Gasteiger partial charge on any atom is 0.319 e. The molecule has 0 saturated heterocycles. The third kappa shape index (κ3) is 3.70. The van der Waals surface area contributed by atoms with Crippen molar-refractivity contribution in [2.45, 2.75) is 11.8 Å². The Morgan fingerprint density at radius 3 is 2.39 bits per heavy atom. The molecule has 2 aromatic carbocycles. The number of halogens is 2. The van der Waals surface area contributed by atoms with Crippen LogP contribution in [0.1, 0.15) is 5.69 Å². The number of urea groups is 1. The number of hydrogen-bond donors (Lipinski definition) is 2. The minimum absolute atomic E-state index is 0.215. The van der Waals surface area contributed by atoms with Crippen LogP contribution < -0.4 is 10.6 Å². The smallest absolute Gasteiger partial charge is 0.319 e. The highest BCUT2D eigenvalue weighted by Crippen LogP contribution is 2.29. The molecule has 3 aromatic rings. The van der Waals surface area contributed by atoms with Gasteiger partial charge in [0.1, 0.15) is 17.3 Å². The SMILES string of the molecule is Cc1c(S(=O)(=O)CCNC(=O)Nc2c(F)cccc2F)c2ccccc2n1C. The maximum atomic E-state index is 13.6. The molecule has 0 aliphatic heterocycles. The summed E-state index contributed by atoms with van der Waals surface area (Å²) in [6.45, 7) is 1.50. The minimum Gasteiger partial charge on any atom is -0.347 e. The number of carbonyl (C=O) groups is 1. The van der Waals surface area contributed by atoms with E-state index < -0.39 is 33.2 Å². The van der Waals surface area contributed by atoms with Crippen molar-refractivity contribution < 1.29 is 22.0 Å². The number of hydrogen-bond acceptors (Lipinski definition) is 3. The lowest BCUT2D eigenvalue weighted by Gasteiger charge is -2.10. The van der Waals surface area contributed by atoms with Crippen molar-refractivity contribution in [2.24, 2.45) is 7.05 Å². The lowest BCUT2D eigenvalue weighted by Crippen LogP contribution is -2.33. The number of aromatic nitrogens is 1. The molecule has 0 fully saturated rings. The van der Waals surface area contributed by atoms with Crippen molar-refractivity contribution in [1.82, 2.24) is 9.88 Å². The zero-order valence-corrected chi connectivity index (χ0v) is 16.1. The third-order valence-corrected chi connectivity index (χ3v) is 6.39. The molecule has 1 aromatic heterocycles. The van der Waals surface area contributed by atoms with E-state index in [-0.39, 0.29) is 17.2 Å². The number of anilines is 1. The van der Waals surface area contributed by atoms with E-state index in [9.17, 15) is 22.0 Å². The molecule has 0 aliphatic rings. The van der Waals surface area contributed by atoms with Crippen LogP contribution in [0.4, 0.5) is 19.3 Å². The van der Waals surface area contributed by atoms with Crippen LogP contribution in [-0.2, 0) is 16.9 Å². The second kappa shape index (κ2) is 7.59. The number of aryl methyl sites for hydroxylation is 1. The highest BCUT2D eigenvalue weighted by molar-refractivity contribution is 7.91. The van der Waals surface area contributed by atoms with Gasteiger partial charge in [-0.1, -0.05) is 24.3 Å². The molecule has 3 rings (SSSR count). The fraction of sp³-hybridized carbons (Fsp3) is 0.211. The first-order valence-corrected chi connectivity index (χ1v) is 10.1. The molecule has 1 heterocycles. The van der Waals surface area contributed by atoms with E-state index in [1.165, 1.54) is 6.07 Å². The predicted molar refractivity (Wildman–Crippen MR) is 103 cm³/mol. The summed E-state index contributed by atoms with van der Waals surface area (Å²) in [5.74, 6) is -2.20. The fourth-order valence-corrected chi connectivity index (χ4v) is 4.72. The molecule has 0 aliphatic carbocycles. The number of nitrogens with zero attached hydrogens (tertiary/aromatic N) is 1. The van der Waals surface area contributed by atoms with Crippen LogP contribution in [0, 0.1) is 18.6 Å². The maximum absolute atomic E-state index is 13.6. The monoisotopic (exact) mass is 407 g/mol. The Morgan fingerprint density at radius 2 is 1.71 bits per heavy atom. The summed E-state index contributed by atoms with van der Waals surface area (Å²) in [4.78, 5) is 12.1. The van der Waals surface area contributed by atoms with E-state index in [1.807, 2.05) is 12.1 Å². The van der Waals surface area contributed by atoms with Gasteiger partial charge in [0.05, 0.1) is 10.6 Å². The number of sulfone groups is 1. The number of benzene rings is 2. The molecule has 0 atom stereocenters. The Bertz CT molecular complexity index is 1140. The predicted octanol–water partition coefficient (Wildman–Crippen LogP) is 3.36. The number of fused-ring (bicyclic) bond motifs is 1. The number of carbonyl (C=O) groups excluding carboxylic acids is 1. The van der Waals surface area contributed by atoms with Crippen LogP contribution in [-0.4, -0.2) is 31.3 Å². The van der Waals surface area contributed by atoms with Gasteiger partial charge in [-0.2, -0.15) is 0 Å². The summed E-state index contributed by atoms with van der Waals surface area (Å²) in [7, 11) is -1.91. The van der Waals surface area contributed by atoms with Gasteiger partial charge in [-0.3, -0.25) is 0 Å². The van der Waals surface area contributed by atoms with Crippen LogP contribution in [0.2, 0.25) is 0 Å². The van der Waals surface area contributed by atoms with Crippen LogP contribution in [0.25, 0.3) is 10.9 Å². The average Bonchev–Trinajstić information content (AvgIpc) is 2.90. The molecule has 2 amide bonds. The molecule has 0 spiro atoms. The third-order valence-electron chi connectivity index (χ3n) is 4.51. The normalized spacial score (nSPS) is 11.6. The minimum atomic E-state index is -3.69. The van der Waals surface area contributed by atoms with Crippen LogP contribution in [0.5, 0.6) is 0 Å². The van der Waals surface area contributed by atoms with Crippen molar-refractivity contribution in [1.29, 1.82) is 0 Å². The number of para-hydroxylation sites is 2. The molecule has 6 nitrogen and oxygen atoms in total. The van der Waals surface area contributed by atoms with Crippen molar-refractivity contribution in [3.8, 4) is 0 Å². The first-order valence-electron chi connectivity index (χ1n) is 8.48. The van der Waals surface area contributed by atoms with Gasteiger partial charge in [0.15, 0.2) is 9.84 Å². The van der Waals surface area contributed by atoms with E-state index in [1.54, 1.807) is 30.7 Å². The van der Waals surface area contributed by atoms with E-state index in [0.717, 1.165) is 17.6 Å². The number of amides is 2. The summed E-state index contributed by atoms with van der Waals surface area (Å²) in [5.41, 5.74) is 0.797. The Morgan fingerprint density at radius 1 is 1.07 bits per heavy atom. The van der Waals surface area contributed by atoms with Crippen molar-refractivity contribution in [3.63, 3.8) is 0 Å². The quantitative estimate of drug-likeness (QED) is 0.681. The van der Waals surface area contributed by atoms with Crippen molar-refractivity contribution in [3.05, 3.63) is 59.8 Å². The molecule has 0 bridgehead atoms. The standard InChI is InChI=1S/C19H19F2N3O3S/c1-12-18(13-6-3-4-9-16(13)24(12)2)28(26,27)11-10-22-19(25)23-17-14(20)7-5-8-15(17)21/h3-9H,10-11H2,1-2H3,(H2,22,23,25). The van der Waals surface area contributed by atoms with Gasteiger partial charge < -0.3 is 15.2 Å². The van der Waals surface area contributed by atoms with Crippen LogP contribution in [0.3, 0.4) is 0 Å². The summed E-state index contributed by atoms with van der Waals surface area (Å²) in [6.07, 6.45) is 0. The van der Waals surface area contributed by atoms with Crippen LogP contribution in [0.15, 0.2) is 47.4 Å². The first-order chi connectivity index (χ1) is 13.2. The van der Waals surface area contributed by atoms with Gasteiger partial charge in [0.25, 0.3) is 0 Å². The summed E-state index contributed by atoms with van der Waals surface area (Å²) < 4.78 is 54.6. The lowest BCUT2D eigenvalue weighted by atomic mass is 10.2. The van der Waals surface area contributed by atoms with Gasteiger partial charge in [-0.15, -0.1) is 0 Å². The Hall–Kier alpha value is -2.94. The van der Waals surface area contributed by atoms with Gasteiger partial charge in [0, 0.05) is 30.2 Å². The number of rotatable bonds is 5. The van der Waals surface area contributed by atoms with Gasteiger partial charge in [-0.25, -0.2) is 22.0 Å². The molecular formula is C19H19F2N3O3S. The molecule has 2 N–H and O–H groups in total. The van der Waals surface area contributed by atoms with E-state index in [4.69, 9.17) is 0 Å².